The Kier molecular flexibility index (Phi) is 7.82. The lowest BCUT2D eigenvalue weighted by Gasteiger charge is -2.24. The van der Waals surface area contributed by atoms with E-state index in [1.54, 1.807) is 29.2 Å². The van der Waals surface area contributed by atoms with Gasteiger partial charge in [0.2, 0.25) is 5.91 Å². The van der Waals surface area contributed by atoms with Crippen LogP contribution in [0.15, 0.2) is 77.3 Å². The van der Waals surface area contributed by atoms with Gasteiger partial charge in [-0.25, -0.2) is 0 Å². The standard InChI is InChI=1S/C27H26BrN3O4/c1-35-25(32)16-24-27(34)31(14-13-18-5-3-2-4-6-18)17-20-8-7-19(15-23(20)30-24)26(33)29-22-11-9-21(28)10-12-22/h2-12,15,24,30H,13-14,16-17H2,1H3,(H,29,33)/t24-/m1/s1. The first-order valence-corrected chi connectivity index (χ1v) is 12.1. The van der Waals surface area contributed by atoms with E-state index in [1.165, 1.54) is 7.11 Å². The van der Waals surface area contributed by atoms with E-state index in [0.717, 1.165) is 15.6 Å². The molecule has 0 aliphatic carbocycles. The second kappa shape index (κ2) is 11.2. The SMILES string of the molecule is COC(=O)C[C@H]1Nc2cc(C(=O)Nc3ccc(Br)cc3)ccc2CN(CCc2ccccc2)C1=O. The zero-order chi connectivity index (χ0) is 24.8. The van der Waals surface area contributed by atoms with E-state index in [-0.39, 0.29) is 18.2 Å². The minimum Gasteiger partial charge on any atom is -0.469 e. The number of nitrogens with zero attached hydrogens (tertiary/aromatic N) is 1. The van der Waals surface area contributed by atoms with E-state index in [0.29, 0.717) is 36.4 Å². The number of amides is 2. The van der Waals surface area contributed by atoms with Crippen molar-refractivity contribution in [2.75, 3.05) is 24.3 Å². The van der Waals surface area contributed by atoms with Crippen LogP contribution >= 0.6 is 15.9 Å². The number of benzene rings is 3. The third-order valence-corrected chi connectivity index (χ3v) is 6.42. The number of anilines is 2. The van der Waals surface area contributed by atoms with Crippen molar-refractivity contribution in [3.63, 3.8) is 0 Å². The molecule has 0 saturated carbocycles. The van der Waals surface area contributed by atoms with Gasteiger partial charge in [0.15, 0.2) is 0 Å². The molecule has 1 heterocycles. The average Bonchev–Trinajstić information content (AvgIpc) is 3.00. The normalized spacial score (nSPS) is 15.0. The number of rotatable bonds is 7. The van der Waals surface area contributed by atoms with Crippen LogP contribution in [0.1, 0.15) is 27.9 Å². The molecule has 180 valence electrons. The third kappa shape index (κ3) is 6.27. The molecule has 0 saturated heterocycles. The number of fused-ring (bicyclic) bond motifs is 1. The smallest absolute Gasteiger partial charge is 0.308 e. The first-order chi connectivity index (χ1) is 16.9. The predicted molar refractivity (Wildman–Crippen MR) is 138 cm³/mol. The molecule has 0 unspecified atom stereocenters. The third-order valence-electron chi connectivity index (χ3n) is 5.89. The van der Waals surface area contributed by atoms with Gasteiger partial charge in [-0.15, -0.1) is 0 Å². The van der Waals surface area contributed by atoms with E-state index >= 15 is 0 Å². The fourth-order valence-corrected chi connectivity index (χ4v) is 4.23. The number of nitrogens with one attached hydrogen (secondary N) is 2. The maximum Gasteiger partial charge on any atom is 0.308 e. The van der Waals surface area contributed by atoms with Crippen molar-refractivity contribution >= 4 is 45.1 Å². The van der Waals surface area contributed by atoms with Gasteiger partial charge in [0.05, 0.1) is 13.5 Å². The summed E-state index contributed by atoms with van der Waals surface area (Å²) in [6, 6.07) is 21.8. The van der Waals surface area contributed by atoms with Gasteiger partial charge in [-0.05, 0) is 53.9 Å². The largest absolute Gasteiger partial charge is 0.469 e. The lowest BCUT2D eigenvalue weighted by Crippen LogP contribution is -2.42. The lowest BCUT2D eigenvalue weighted by molar-refractivity contribution is -0.144. The maximum atomic E-state index is 13.3. The fourth-order valence-electron chi connectivity index (χ4n) is 3.97. The van der Waals surface area contributed by atoms with E-state index in [1.807, 2.05) is 48.5 Å². The van der Waals surface area contributed by atoms with Gasteiger partial charge in [-0.2, -0.15) is 0 Å². The van der Waals surface area contributed by atoms with Crippen LogP contribution < -0.4 is 10.6 Å². The molecule has 3 aromatic rings. The molecular weight excluding hydrogens is 510 g/mol. The minimum atomic E-state index is -0.788. The molecule has 0 radical (unpaired) electrons. The first-order valence-electron chi connectivity index (χ1n) is 11.3. The van der Waals surface area contributed by atoms with E-state index < -0.39 is 12.0 Å². The molecule has 4 rings (SSSR count). The number of carbonyl (C=O) groups is 3. The Morgan fingerprint density at radius 1 is 1.09 bits per heavy atom. The number of hydrogen-bond donors (Lipinski definition) is 2. The number of esters is 1. The molecule has 1 aliphatic rings. The van der Waals surface area contributed by atoms with Gasteiger partial charge in [0.25, 0.3) is 5.91 Å². The maximum absolute atomic E-state index is 13.3. The Bertz CT molecular complexity index is 1210. The molecule has 0 aromatic heterocycles. The highest BCUT2D eigenvalue weighted by atomic mass is 79.9. The summed E-state index contributed by atoms with van der Waals surface area (Å²) in [4.78, 5) is 40.0. The van der Waals surface area contributed by atoms with Crippen molar-refractivity contribution in [2.24, 2.45) is 0 Å². The summed E-state index contributed by atoms with van der Waals surface area (Å²) in [7, 11) is 1.30. The van der Waals surface area contributed by atoms with Crippen LogP contribution in [0.3, 0.4) is 0 Å². The predicted octanol–water partition coefficient (Wildman–Crippen LogP) is 4.63. The topological polar surface area (TPSA) is 87.7 Å². The molecule has 0 bridgehead atoms. The number of carbonyl (C=O) groups excluding carboxylic acids is 3. The lowest BCUT2D eigenvalue weighted by atomic mass is 10.1. The van der Waals surface area contributed by atoms with Gasteiger partial charge in [-0.3, -0.25) is 14.4 Å². The number of hydrogen-bond acceptors (Lipinski definition) is 5. The second-order valence-electron chi connectivity index (χ2n) is 8.31. The molecule has 3 aromatic carbocycles. The van der Waals surface area contributed by atoms with Crippen molar-refractivity contribution in [1.82, 2.24) is 4.90 Å². The summed E-state index contributed by atoms with van der Waals surface area (Å²) < 4.78 is 5.73. The Labute approximate surface area is 212 Å². The Hall–Kier alpha value is -3.65. The van der Waals surface area contributed by atoms with Crippen molar-refractivity contribution < 1.29 is 19.1 Å². The van der Waals surface area contributed by atoms with Gasteiger partial charge >= 0.3 is 5.97 Å². The second-order valence-corrected chi connectivity index (χ2v) is 9.22. The highest BCUT2D eigenvalue weighted by Crippen LogP contribution is 2.27. The highest BCUT2D eigenvalue weighted by molar-refractivity contribution is 9.10. The van der Waals surface area contributed by atoms with E-state index in [9.17, 15) is 14.4 Å². The van der Waals surface area contributed by atoms with E-state index in [2.05, 4.69) is 26.6 Å². The Morgan fingerprint density at radius 2 is 1.83 bits per heavy atom. The van der Waals surface area contributed by atoms with Crippen LogP contribution in [0.25, 0.3) is 0 Å². The Balaban J connectivity index is 1.57. The molecule has 2 N–H and O–H groups in total. The van der Waals surface area contributed by atoms with Crippen molar-refractivity contribution in [3.8, 4) is 0 Å². The summed E-state index contributed by atoms with van der Waals surface area (Å²) in [5.74, 6) is -0.923. The Morgan fingerprint density at radius 3 is 2.54 bits per heavy atom. The summed E-state index contributed by atoms with van der Waals surface area (Å²) in [5, 5.41) is 6.07. The molecule has 1 atom stereocenters. The monoisotopic (exact) mass is 535 g/mol. The number of halogens is 1. The van der Waals surface area contributed by atoms with Crippen LogP contribution in [-0.4, -0.2) is 42.4 Å². The van der Waals surface area contributed by atoms with E-state index in [4.69, 9.17) is 4.74 Å². The van der Waals surface area contributed by atoms with Crippen LogP contribution in [0.2, 0.25) is 0 Å². The van der Waals surface area contributed by atoms with Crippen LogP contribution in [0.4, 0.5) is 11.4 Å². The fraction of sp³-hybridized carbons (Fsp3) is 0.222. The molecule has 7 nitrogen and oxygen atoms in total. The summed E-state index contributed by atoms with van der Waals surface area (Å²) in [5.41, 5.74) is 3.77. The number of ether oxygens (including phenoxy) is 1. The summed E-state index contributed by atoms with van der Waals surface area (Å²) in [6.45, 7) is 0.883. The van der Waals surface area contributed by atoms with Crippen molar-refractivity contribution in [3.05, 3.63) is 94.0 Å². The molecular formula is C27H26BrN3O4. The van der Waals surface area contributed by atoms with Gasteiger partial charge in [0, 0.05) is 34.5 Å². The van der Waals surface area contributed by atoms with Gasteiger partial charge < -0.3 is 20.3 Å². The average molecular weight is 536 g/mol. The molecule has 8 heteroatoms. The van der Waals surface area contributed by atoms with Crippen molar-refractivity contribution in [2.45, 2.75) is 25.4 Å². The quantitative estimate of drug-likeness (QED) is 0.430. The zero-order valence-corrected chi connectivity index (χ0v) is 20.9. The molecule has 2 amide bonds. The van der Waals surface area contributed by atoms with Crippen LogP contribution in [0, 0.1) is 0 Å². The van der Waals surface area contributed by atoms with Crippen LogP contribution in [-0.2, 0) is 27.3 Å². The highest BCUT2D eigenvalue weighted by Gasteiger charge is 2.31. The zero-order valence-electron chi connectivity index (χ0n) is 19.3. The minimum absolute atomic E-state index is 0.105. The summed E-state index contributed by atoms with van der Waals surface area (Å²) >= 11 is 3.38. The molecule has 1 aliphatic heterocycles. The van der Waals surface area contributed by atoms with Gasteiger partial charge in [-0.1, -0.05) is 52.3 Å². The summed E-state index contributed by atoms with van der Waals surface area (Å²) in [6.07, 6.45) is 0.590. The molecule has 0 fully saturated rings. The number of methoxy groups -OCH3 is 1. The molecule has 0 spiro atoms. The molecule has 35 heavy (non-hydrogen) atoms. The van der Waals surface area contributed by atoms with Crippen LogP contribution in [0.5, 0.6) is 0 Å². The van der Waals surface area contributed by atoms with Gasteiger partial charge in [0.1, 0.15) is 6.04 Å². The van der Waals surface area contributed by atoms with Crippen molar-refractivity contribution in [1.29, 1.82) is 0 Å². The first kappa shape index (κ1) is 24.5.